The van der Waals surface area contributed by atoms with Gasteiger partial charge in [0.1, 0.15) is 0 Å². The fourth-order valence-electron chi connectivity index (χ4n) is 3.13. The zero-order chi connectivity index (χ0) is 19.9. The second kappa shape index (κ2) is 9.97. The predicted molar refractivity (Wildman–Crippen MR) is 113 cm³/mol. The molecule has 1 aliphatic heterocycles. The Bertz CT molecular complexity index is 655. The van der Waals surface area contributed by atoms with Crippen molar-refractivity contribution in [2.45, 2.75) is 45.1 Å². The number of likely N-dealkylation sites (tertiary alicyclic amines) is 1. The molecule has 1 aromatic carbocycles. The van der Waals surface area contributed by atoms with Gasteiger partial charge < -0.3 is 20.3 Å². The van der Waals surface area contributed by atoms with Crippen molar-refractivity contribution in [3.05, 3.63) is 34.3 Å². The number of ether oxygens (including phenoxy) is 1. The van der Waals surface area contributed by atoms with E-state index in [2.05, 4.69) is 63.6 Å². The summed E-state index contributed by atoms with van der Waals surface area (Å²) in [7, 11) is 1.79. The van der Waals surface area contributed by atoms with Crippen molar-refractivity contribution in [1.82, 2.24) is 15.5 Å². The van der Waals surface area contributed by atoms with Crippen LogP contribution in [0.3, 0.4) is 0 Å². The van der Waals surface area contributed by atoms with Crippen LogP contribution in [0.4, 0.5) is 4.79 Å². The van der Waals surface area contributed by atoms with E-state index < -0.39 is 0 Å². The van der Waals surface area contributed by atoms with Crippen LogP contribution in [0.2, 0.25) is 0 Å². The van der Waals surface area contributed by atoms with Crippen molar-refractivity contribution in [3.8, 4) is 0 Å². The zero-order valence-electron chi connectivity index (χ0n) is 16.7. The van der Waals surface area contributed by atoms with Crippen molar-refractivity contribution in [1.29, 1.82) is 0 Å². The molecule has 0 atom stereocenters. The lowest BCUT2D eigenvalue weighted by molar-refractivity contribution is 0.0963. The Morgan fingerprint density at radius 1 is 1.37 bits per heavy atom. The third-order valence-electron chi connectivity index (χ3n) is 4.89. The molecular formula is C20H31BrN4O2. The summed E-state index contributed by atoms with van der Waals surface area (Å²) in [5.41, 5.74) is 1.23. The van der Waals surface area contributed by atoms with Crippen LogP contribution in [-0.2, 0) is 10.2 Å². The van der Waals surface area contributed by atoms with Crippen LogP contribution in [0.1, 0.15) is 39.2 Å². The summed E-state index contributed by atoms with van der Waals surface area (Å²) in [6.45, 7) is 8.86. The van der Waals surface area contributed by atoms with Crippen LogP contribution < -0.4 is 10.6 Å². The van der Waals surface area contributed by atoms with Gasteiger partial charge in [-0.25, -0.2) is 4.79 Å². The normalized spacial score (nSPS) is 16.2. The molecule has 1 aliphatic rings. The molecule has 1 amide bonds. The number of hydrogen-bond acceptors (Lipinski definition) is 3. The first kappa shape index (κ1) is 21.5. The van der Waals surface area contributed by atoms with Gasteiger partial charge in [0.05, 0.1) is 6.61 Å². The van der Waals surface area contributed by atoms with E-state index in [1.807, 2.05) is 13.0 Å². The van der Waals surface area contributed by atoms with Crippen molar-refractivity contribution >= 4 is 28.0 Å². The molecule has 6 nitrogen and oxygen atoms in total. The first-order valence-corrected chi connectivity index (χ1v) is 10.3. The molecule has 0 bridgehead atoms. The molecule has 0 aliphatic carbocycles. The van der Waals surface area contributed by atoms with Crippen LogP contribution in [0.15, 0.2) is 33.7 Å². The first-order chi connectivity index (χ1) is 12.9. The van der Waals surface area contributed by atoms with Crippen LogP contribution in [-0.4, -0.2) is 56.3 Å². The van der Waals surface area contributed by atoms with E-state index in [1.54, 1.807) is 11.9 Å². The summed E-state index contributed by atoms with van der Waals surface area (Å²) in [6, 6.07) is 8.70. The number of halogens is 1. The number of rotatable bonds is 5. The van der Waals surface area contributed by atoms with E-state index in [4.69, 9.17) is 4.74 Å². The molecule has 0 aromatic heterocycles. The fourth-order valence-corrected chi connectivity index (χ4v) is 3.52. The van der Waals surface area contributed by atoms with Gasteiger partial charge in [-0.15, -0.1) is 0 Å². The van der Waals surface area contributed by atoms with Crippen LogP contribution in [0.25, 0.3) is 0 Å². The molecule has 1 aromatic rings. The van der Waals surface area contributed by atoms with Gasteiger partial charge in [-0.3, -0.25) is 4.99 Å². The Kier molecular flexibility index (Phi) is 7.95. The number of benzene rings is 1. The summed E-state index contributed by atoms with van der Waals surface area (Å²) >= 11 is 3.55. The Morgan fingerprint density at radius 3 is 2.67 bits per heavy atom. The largest absolute Gasteiger partial charge is 0.450 e. The Balaban J connectivity index is 1.83. The molecule has 0 radical (unpaired) electrons. The summed E-state index contributed by atoms with van der Waals surface area (Å²) in [5, 5.41) is 6.93. The van der Waals surface area contributed by atoms with Crippen LogP contribution in [0, 0.1) is 0 Å². The molecule has 1 fully saturated rings. The molecule has 1 saturated heterocycles. The monoisotopic (exact) mass is 438 g/mol. The van der Waals surface area contributed by atoms with Crippen LogP contribution in [0.5, 0.6) is 0 Å². The van der Waals surface area contributed by atoms with E-state index in [1.165, 1.54) is 5.56 Å². The molecule has 1 heterocycles. The third-order valence-corrected chi connectivity index (χ3v) is 5.38. The maximum absolute atomic E-state index is 11.8. The number of carbonyl (C=O) groups excluding carboxylic acids is 1. The lowest BCUT2D eigenvalue weighted by atomic mass is 9.85. The summed E-state index contributed by atoms with van der Waals surface area (Å²) < 4.78 is 6.16. The van der Waals surface area contributed by atoms with Crippen molar-refractivity contribution in [2.75, 3.05) is 33.3 Å². The maximum atomic E-state index is 11.8. The van der Waals surface area contributed by atoms with Gasteiger partial charge in [-0.1, -0.05) is 41.9 Å². The maximum Gasteiger partial charge on any atom is 0.409 e. The van der Waals surface area contributed by atoms with Crippen molar-refractivity contribution < 1.29 is 9.53 Å². The summed E-state index contributed by atoms with van der Waals surface area (Å²) in [5.74, 6) is 0.799. The second-order valence-corrected chi connectivity index (χ2v) is 8.34. The van der Waals surface area contributed by atoms with Crippen molar-refractivity contribution in [2.24, 2.45) is 4.99 Å². The van der Waals surface area contributed by atoms with Crippen LogP contribution >= 0.6 is 15.9 Å². The van der Waals surface area contributed by atoms with Crippen molar-refractivity contribution in [3.63, 3.8) is 0 Å². The molecular weight excluding hydrogens is 408 g/mol. The Labute approximate surface area is 170 Å². The summed E-state index contributed by atoms with van der Waals surface area (Å²) in [6.07, 6.45) is 1.55. The smallest absolute Gasteiger partial charge is 0.409 e. The Hall–Kier alpha value is -1.76. The first-order valence-electron chi connectivity index (χ1n) is 9.50. The molecule has 2 N–H and O–H groups in total. The molecule has 7 heteroatoms. The third kappa shape index (κ3) is 6.41. The van der Waals surface area contributed by atoms with Gasteiger partial charge in [-0.05, 0) is 37.5 Å². The minimum absolute atomic E-state index is 0.0331. The highest BCUT2D eigenvalue weighted by atomic mass is 79.9. The zero-order valence-corrected chi connectivity index (χ0v) is 18.3. The molecule has 0 spiro atoms. The number of hydrogen-bond donors (Lipinski definition) is 2. The van der Waals surface area contributed by atoms with Gasteiger partial charge in [0.15, 0.2) is 5.96 Å². The van der Waals surface area contributed by atoms with Gasteiger partial charge in [-0.2, -0.15) is 0 Å². The fraction of sp³-hybridized carbons (Fsp3) is 0.600. The lowest BCUT2D eigenvalue weighted by Crippen LogP contribution is -2.51. The minimum Gasteiger partial charge on any atom is -0.450 e. The molecule has 27 heavy (non-hydrogen) atoms. The van der Waals surface area contributed by atoms with E-state index in [0.717, 1.165) is 29.8 Å². The number of guanidine groups is 1. The van der Waals surface area contributed by atoms with E-state index >= 15 is 0 Å². The number of amides is 1. The molecule has 0 unspecified atom stereocenters. The SMILES string of the molecule is CCOC(=O)N1CCC(NC(=NC)NCC(C)(C)c2cccc(Br)c2)CC1. The topological polar surface area (TPSA) is 66.0 Å². The average molecular weight is 439 g/mol. The number of nitrogens with one attached hydrogen (secondary N) is 2. The number of aliphatic imine (C=N–C) groups is 1. The standard InChI is InChI=1S/C20H31BrN4O2/c1-5-27-19(26)25-11-9-17(10-12-25)24-18(22-4)23-14-20(2,3)15-7-6-8-16(21)13-15/h6-8,13,17H,5,9-12,14H2,1-4H3,(H2,22,23,24). The highest BCUT2D eigenvalue weighted by Gasteiger charge is 2.25. The van der Waals surface area contributed by atoms with E-state index in [0.29, 0.717) is 25.7 Å². The van der Waals surface area contributed by atoms with E-state index in [-0.39, 0.29) is 11.5 Å². The molecule has 0 saturated carbocycles. The highest BCUT2D eigenvalue weighted by molar-refractivity contribution is 9.10. The minimum atomic E-state index is -0.214. The number of nitrogens with zero attached hydrogens (tertiary/aromatic N) is 2. The molecule has 150 valence electrons. The van der Waals surface area contributed by atoms with Gasteiger partial charge in [0.25, 0.3) is 0 Å². The number of piperidine rings is 1. The van der Waals surface area contributed by atoms with Gasteiger partial charge in [0, 0.05) is 42.6 Å². The van der Waals surface area contributed by atoms with Gasteiger partial charge >= 0.3 is 6.09 Å². The lowest BCUT2D eigenvalue weighted by Gasteiger charge is -2.33. The van der Waals surface area contributed by atoms with E-state index in [9.17, 15) is 4.79 Å². The second-order valence-electron chi connectivity index (χ2n) is 7.42. The quantitative estimate of drug-likeness (QED) is 0.545. The molecule has 2 rings (SSSR count). The predicted octanol–water partition coefficient (Wildman–Crippen LogP) is 3.51. The Morgan fingerprint density at radius 2 is 2.07 bits per heavy atom. The highest BCUT2D eigenvalue weighted by Crippen LogP contribution is 2.25. The number of carbonyl (C=O) groups is 1. The summed E-state index contributed by atoms with van der Waals surface area (Å²) in [4.78, 5) is 17.9. The average Bonchev–Trinajstić information content (AvgIpc) is 2.66. The van der Waals surface area contributed by atoms with Gasteiger partial charge in [0.2, 0.25) is 0 Å².